The average molecular weight is 435 g/mol. The van der Waals surface area contributed by atoms with Crippen molar-refractivity contribution < 1.29 is 17.9 Å². The Kier molecular flexibility index (Phi) is 6.87. The minimum Gasteiger partial charge on any atom is -0.496 e. The first-order valence-electron chi connectivity index (χ1n) is 9.50. The monoisotopic (exact) mass is 434 g/mol. The van der Waals surface area contributed by atoms with E-state index in [4.69, 9.17) is 4.74 Å². The van der Waals surface area contributed by atoms with Gasteiger partial charge >= 0.3 is 0 Å². The van der Waals surface area contributed by atoms with Crippen LogP contribution in [0.25, 0.3) is 0 Å². The molecule has 29 heavy (non-hydrogen) atoms. The lowest BCUT2D eigenvalue weighted by molar-refractivity contribution is 0.0789. The van der Waals surface area contributed by atoms with Crippen molar-refractivity contribution in [2.24, 2.45) is 0 Å². The average Bonchev–Trinajstić information content (AvgIpc) is 3.27. The summed E-state index contributed by atoms with van der Waals surface area (Å²) < 4.78 is 34.1. The summed E-state index contributed by atoms with van der Waals surface area (Å²) in [5, 5.41) is 0. The highest BCUT2D eigenvalue weighted by Gasteiger charge is 2.26. The first-order chi connectivity index (χ1) is 13.9. The third-order valence-corrected chi connectivity index (χ3v) is 7.38. The Hall–Kier alpha value is -2.03. The number of sulfonamides is 1. The highest BCUT2D eigenvalue weighted by molar-refractivity contribution is 7.98. The Morgan fingerprint density at radius 2 is 1.86 bits per heavy atom. The summed E-state index contributed by atoms with van der Waals surface area (Å²) >= 11 is 1.44. The molecule has 0 unspecified atom stereocenters. The van der Waals surface area contributed by atoms with Crippen LogP contribution in [0.15, 0.2) is 52.3 Å². The molecule has 8 heteroatoms. The maximum Gasteiger partial charge on any atom is 0.255 e. The first kappa shape index (κ1) is 21.7. The standard InChI is InChI=1S/C21H26N2O4S2/c1-15(17-8-4-5-9-19(17)27-2)22-29(25,26)16-10-11-20(28-3)18(14-16)21(24)23-12-6-7-13-23/h4-5,8-11,14-15,22H,6-7,12-13H2,1-3H3/t15-/m0/s1. The molecule has 1 aliphatic rings. The van der Waals surface area contributed by atoms with Crippen molar-refractivity contribution in [2.75, 3.05) is 26.5 Å². The van der Waals surface area contributed by atoms with Gasteiger partial charge in [-0.2, -0.15) is 0 Å². The summed E-state index contributed by atoms with van der Waals surface area (Å²) in [6, 6.07) is 11.5. The molecule has 1 heterocycles. The lowest BCUT2D eigenvalue weighted by Gasteiger charge is -2.19. The van der Waals surface area contributed by atoms with Gasteiger partial charge in [0.1, 0.15) is 5.75 Å². The van der Waals surface area contributed by atoms with Crippen molar-refractivity contribution in [3.63, 3.8) is 0 Å². The fraction of sp³-hybridized carbons (Fsp3) is 0.381. The smallest absolute Gasteiger partial charge is 0.255 e. The first-order valence-corrected chi connectivity index (χ1v) is 12.2. The zero-order valence-corrected chi connectivity index (χ0v) is 18.5. The van der Waals surface area contributed by atoms with Gasteiger partial charge in [0, 0.05) is 29.6 Å². The molecular weight excluding hydrogens is 408 g/mol. The Morgan fingerprint density at radius 3 is 2.52 bits per heavy atom. The molecule has 156 valence electrons. The van der Waals surface area contributed by atoms with E-state index in [2.05, 4.69) is 4.72 Å². The minimum absolute atomic E-state index is 0.0830. The molecule has 6 nitrogen and oxygen atoms in total. The van der Waals surface area contributed by atoms with Gasteiger partial charge in [0.15, 0.2) is 0 Å². The lowest BCUT2D eigenvalue weighted by Crippen LogP contribution is -2.29. The third kappa shape index (κ3) is 4.76. The molecule has 2 aromatic rings. The normalized spacial score (nSPS) is 15.3. The van der Waals surface area contributed by atoms with Gasteiger partial charge in [-0.05, 0) is 50.3 Å². The van der Waals surface area contributed by atoms with Crippen LogP contribution in [-0.2, 0) is 10.0 Å². The molecule has 1 N–H and O–H groups in total. The molecule has 1 aliphatic heterocycles. The highest BCUT2D eigenvalue weighted by atomic mass is 32.2. The van der Waals surface area contributed by atoms with E-state index in [1.807, 2.05) is 24.5 Å². The molecule has 0 bridgehead atoms. The molecule has 0 aromatic heterocycles. The van der Waals surface area contributed by atoms with Crippen LogP contribution in [0.1, 0.15) is 41.7 Å². The van der Waals surface area contributed by atoms with Crippen LogP contribution in [0.3, 0.4) is 0 Å². The summed E-state index contributed by atoms with van der Waals surface area (Å²) in [4.78, 5) is 15.6. The number of para-hydroxylation sites is 1. The topological polar surface area (TPSA) is 75.7 Å². The molecule has 3 rings (SSSR count). The molecule has 0 spiro atoms. The van der Waals surface area contributed by atoms with Crippen molar-refractivity contribution >= 4 is 27.7 Å². The Morgan fingerprint density at radius 1 is 1.17 bits per heavy atom. The van der Waals surface area contributed by atoms with Gasteiger partial charge in [-0.15, -0.1) is 11.8 Å². The van der Waals surface area contributed by atoms with Crippen LogP contribution in [0, 0.1) is 0 Å². The van der Waals surface area contributed by atoms with Gasteiger partial charge < -0.3 is 9.64 Å². The number of ether oxygens (including phenoxy) is 1. The Labute approximate surface area is 176 Å². The zero-order chi connectivity index (χ0) is 21.0. The molecule has 0 radical (unpaired) electrons. The van der Waals surface area contributed by atoms with E-state index in [-0.39, 0.29) is 10.8 Å². The molecule has 1 fully saturated rings. The molecule has 1 atom stereocenters. The van der Waals surface area contributed by atoms with Gasteiger partial charge in [-0.1, -0.05) is 18.2 Å². The number of amides is 1. The Balaban J connectivity index is 1.90. The van der Waals surface area contributed by atoms with E-state index in [0.717, 1.165) is 23.3 Å². The second kappa shape index (κ2) is 9.19. The van der Waals surface area contributed by atoms with Gasteiger partial charge in [0.25, 0.3) is 5.91 Å². The van der Waals surface area contributed by atoms with E-state index in [1.165, 1.54) is 17.8 Å². The van der Waals surface area contributed by atoms with E-state index >= 15 is 0 Å². The maximum absolute atomic E-state index is 13.0. The van der Waals surface area contributed by atoms with Crippen molar-refractivity contribution in [1.29, 1.82) is 0 Å². The van der Waals surface area contributed by atoms with Gasteiger partial charge in [-0.25, -0.2) is 13.1 Å². The lowest BCUT2D eigenvalue weighted by atomic mass is 10.1. The van der Waals surface area contributed by atoms with Crippen LogP contribution >= 0.6 is 11.8 Å². The summed E-state index contributed by atoms with van der Waals surface area (Å²) in [6.45, 7) is 3.20. The maximum atomic E-state index is 13.0. The van der Waals surface area contributed by atoms with Gasteiger partial charge in [0.05, 0.1) is 17.6 Å². The predicted molar refractivity (Wildman–Crippen MR) is 115 cm³/mol. The van der Waals surface area contributed by atoms with Gasteiger partial charge in [-0.3, -0.25) is 4.79 Å². The number of thioether (sulfide) groups is 1. The van der Waals surface area contributed by atoms with Crippen molar-refractivity contribution in [3.05, 3.63) is 53.6 Å². The van der Waals surface area contributed by atoms with Crippen molar-refractivity contribution in [1.82, 2.24) is 9.62 Å². The number of likely N-dealkylation sites (tertiary alicyclic amines) is 1. The zero-order valence-electron chi connectivity index (χ0n) is 16.8. The Bertz CT molecular complexity index is 986. The van der Waals surface area contributed by atoms with E-state index in [0.29, 0.717) is 24.4 Å². The number of carbonyl (C=O) groups is 1. The quantitative estimate of drug-likeness (QED) is 0.673. The summed E-state index contributed by atoms with van der Waals surface area (Å²) in [5.74, 6) is 0.506. The largest absolute Gasteiger partial charge is 0.496 e. The molecular formula is C21H26N2O4S2. The van der Waals surface area contributed by atoms with Crippen LogP contribution in [0.5, 0.6) is 5.75 Å². The van der Waals surface area contributed by atoms with Crippen molar-refractivity contribution in [2.45, 2.75) is 35.6 Å². The molecule has 0 aliphatic carbocycles. The fourth-order valence-electron chi connectivity index (χ4n) is 3.50. The highest BCUT2D eigenvalue weighted by Crippen LogP contribution is 2.29. The summed E-state index contributed by atoms with van der Waals surface area (Å²) in [5.41, 5.74) is 1.18. The minimum atomic E-state index is -3.82. The summed E-state index contributed by atoms with van der Waals surface area (Å²) in [6.07, 6.45) is 3.85. The van der Waals surface area contributed by atoms with Crippen LogP contribution in [0.4, 0.5) is 0 Å². The third-order valence-electron chi connectivity index (χ3n) is 5.04. The number of hydrogen-bond donors (Lipinski definition) is 1. The number of nitrogens with one attached hydrogen (secondary N) is 1. The second-order valence-electron chi connectivity index (χ2n) is 6.95. The van der Waals surface area contributed by atoms with Gasteiger partial charge in [0.2, 0.25) is 10.0 Å². The second-order valence-corrected chi connectivity index (χ2v) is 9.51. The molecule has 0 saturated carbocycles. The number of carbonyl (C=O) groups excluding carboxylic acids is 1. The van der Waals surface area contributed by atoms with Crippen LogP contribution in [0.2, 0.25) is 0 Å². The van der Waals surface area contributed by atoms with Crippen molar-refractivity contribution in [3.8, 4) is 5.75 Å². The summed E-state index contributed by atoms with van der Waals surface area (Å²) in [7, 11) is -2.27. The number of benzene rings is 2. The van der Waals surface area contributed by atoms with Crippen LogP contribution < -0.4 is 9.46 Å². The fourth-order valence-corrected chi connectivity index (χ4v) is 5.32. The predicted octanol–water partition coefficient (Wildman–Crippen LogP) is 3.69. The number of methoxy groups -OCH3 is 1. The molecule has 1 amide bonds. The van der Waals surface area contributed by atoms with E-state index in [1.54, 1.807) is 37.1 Å². The SMILES string of the molecule is COc1ccccc1[C@H](C)NS(=O)(=O)c1ccc(SC)c(C(=O)N2CCCC2)c1. The molecule has 2 aromatic carbocycles. The number of hydrogen-bond acceptors (Lipinski definition) is 5. The number of nitrogens with zero attached hydrogens (tertiary/aromatic N) is 1. The van der Waals surface area contributed by atoms with Crippen LogP contribution in [-0.4, -0.2) is 45.7 Å². The van der Waals surface area contributed by atoms with E-state index in [9.17, 15) is 13.2 Å². The van der Waals surface area contributed by atoms with E-state index < -0.39 is 16.1 Å². The molecule has 1 saturated heterocycles. The number of rotatable bonds is 7.